The van der Waals surface area contributed by atoms with Crippen LogP contribution in [0.1, 0.15) is 5.56 Å². The van der Waals surface area contributed by atoms with Crippen LogP contribution in [0.15, 0.2) is 36.7 Å². The number of ether oxygens (including phenoxy) is 2. The van der Waals surface area contributed by atoms with Crippen LogP contribution in [-0.4, -0.2) is 44.2 Å². The summed E-state index contributed by atoms with van der Waals surface area (Å²) in [6.07, 6.45) is 3.73. The molecule has 0 unspecified atom stereocenters. The van der Waals surface area contributed by atoms with Gasteiger partial charge in [0.15, 0.2) is 0 Å². The second-order valence-corrected chi connectivity index (χ2v) is 5.21. The lowest BCUT2D eigenvalue weighted by molar-refractivity contribution is 0.336. The average Bonchev–Trinajstić information content (AvgIpc) is 2.54. The summed E-state index contributed by atoms with van der Waals surface area (Å²) in [7, 11) is 5.35. The molecule has 0 amide bonds. The third-order valence-electron chi connectivity index (χ3n) is 3.44. The summed E-state index contributed by atoms with van der Waals surface area (Å²) in [5.41, 5.74) is 8.79. The Balaban J connectivity index is 2.29. The molecule has 118 valence electrons. The summed E-state index contributed by atoms with van der Waals surface area (Å²) >= 11 is 0. The van der Waals surface area contributed by atoms with E-state index in [0.29, 0.717) is 6.54 Å². The van der Waals surface area contributed by atoms with Gasteiger partial charge in [0, 0.05) is 43.7 Å². The Kier molecular flexibility index (Phi) is 5.75. The van der Waals surface area contributed by atoms with Gasteiger partial charge in [0.2, 0.25) is 0 Å². The molecule has 0 atom stereocenters. The molecule has 0 aliphatic rings. The summed E-state index contributed by atoms with van der Waals surface area (Å²) in [4.78, 5) is 6.52. The van der Waals surface area contributed by atoms with Gasteiger partial charge in [-0.05, 0) is 36.4 Å². The molecule has 5 nitrogen and oxygen atoms in total. The van der Waals surface area contributed by atoms with Gasteiger partial charge in [-0.15, -0.1) is 0 Å². The van der Waals surface area contributed by atoms with Crippen molar-refractivity contribution < 1.29 is 9.47 Å². The summed E-state index contributed by atoms with van der Waals surface area (Å²) in [5.74, 6) is 1.53. The third-order valence-corrected chi connectivity index (χ3v) is 3.44. The summed E-state index contributed by atoms with van der Waals surface area (Å²) in [5, 5.41) is 0. The van der Waals surface area contributed by atoms with Gasteiger partial charge >= 0.3 is 0 Å². The SMILES string of the molecule is COc1cc(OC)cc(-c2cncc(CN(C)CCN)c2)c1. The van der Waals surface area contributed by atoms with Crippen LogP contribution >= 0.6 is 0 Å². The Morgan fingerprint density at radius 2 is 1.68 bits per heavy atom. The standard InChI is InChI=1S/C17H23N3O2/c1-20(5-4-18)12-13-6-15(11-19-10-13)14-7-16(21-2)9-17(8-14)22-3/h6-11H,4-5,12,18H2,1-3H3. The molecule has 0 aliphatic carbocycles. The number of benzene rings is 1. The zero-order chi connectivity index (χ0) is 15.9. The molecule has 5 heteroatoms. The zero-order valence-electron chi connectivity index (χ0n) is 13.4. The lowest BCUT2D eigenvalue weighted by Gasteiger charge is -2.16. The lowest BCUT2D eigenvalue weighted by Crippen LogP contribution is -2.25. The number of methoxy groups -OCH3 is 2. The Morgan fingerprint density at radius 3 is 2.27 bits per heavy atom. The minimum absolute atomic E-state index is 0.650. The first-order valence-corrected chi connectivity index (χ1v) is 7.22. The topological polar surface area (TPSA) is 60.6 Å². The van der Waals surface area contributed by atoms with Gasteiger partial charge < -0.3 is 20.1 Å². The van der Waals surface area contributed by atoms with E-state index in [1.54, 1.807) is 14.2 Å². The number of rotatable bonds is 7. The maximum absolute atomic E-state index is 5.58. The second-order valence-electron chi connectivity index (χ2n) is 5.21. The van der Waals surface area contributed by atoms with Crippen LogP contribution in [0.25, 0.3) is 11.1 Å². The monoisotopic (exact) mass is 301 g/mol. The van der Waals surface area contributed by atoms with E-state index < -0.39 is 0 Å². The summed E-state index contributed by atoms with van der Waals surface area (Å²) in [6, 6.07) is 7.95. The molecule has 1 aromatic heterocycles. The predicted octanol–water partition coefficient (Wildman–Crippen LogP) is 2.16. The number of pyridine rings is 1. The van der Waals surface area contributed by atoms with Gasteiger partial charge in [-0.25, -0.2) is 0 Å². The molecule has 0 saturated carbocycles. The number of likely N-dealkylation sites (N-methyl/N-ethyl adjacent to an activating group) is 1. The number of hydrogen-bond donors (Lipinski definition) is 1. The molecule has 22 heavy (non-hydrogen) atoms. The fourth-order valence-corrected chi connectivity index (χ4v) is 2.32. The highest BCUT2D eigenvalue weighted by Gasteiger charge is 2.07. The van der Waals surface area contributed by atoms with E-state index in [1.165, 1.54) is 0 Å². The van der Waals surface area contributed by atoms with Gasteiger partial charge in [-0.3, -0.25) is 4.98 Å². The van der Waals surface area contributed by atoms with Gasteiger partial charge in [0.1, 0.15) is 11.5 Å². The van der Waals surface area contributed by atoms with E-state index in [1.807, 2.05) is 37.6 Å². The van der Waals surface area contributed by atoms with Crippen LogP contribution < -0.4 is 15.2 Å². The van der Waals surface area contributed by atoms with E-state index in [2.05, 4.69) is 16.0 Å². The van der Waals surface area contributed by atoms with Crippen molar-refractivity contribution in [3.05, 3.63) is 42.2 Å². The number of aromatic nitrogens is 1. The van der Waals surface area contributed by atoms with Crippen molar-refractivity contribution in [3.63, 3.8) is 0 Å². The Bertz CT molecular complexity index is 594. The molecule has 0 aliphatic heterocycles. The minimum atomic E-state index is 0.650. The van der Waals surface area contributed by atoms with Crippen LogP contribution in [0, 0.1) is 0 Å². The molecule has 1 heterocycles. The molecule has 0 fully saturated rings. The first-order chi connectivity index (χ1) is 10.7. The highest BCUT2D eigenvalue weighted by Crippen LogP contribution is 2.29. The molecule has 0 saturated heterocycles. The van der Waals surface area contributed by atoms with E-state index in [-0.39, 0.29) is 0 Å². The van der Waals surface area contributed by atoms with Crippen molar-refractivity contribution in [2.45, 2.75) is 6.54 Å². The van der Waals surface area contributed by atoms with Crippen molar-refractivity contribution >= 4 is 0 Å². The molecule has 0 radical (unpaired) electrons. The highest BCUT2D eigenvalue weighted by molar-refractivity contribution is 5.67. The van der Waals surface area contributed by atoms with Crippen LogP contribution in [0.3, 0.4) is 0 Å². The fraction of sp³-hybridized carbons (Fsp3) is 0.353. The Hall–Kier alpha value is -2.11. The Labute approximate surface area is 131 Å². The normalized spacial score (nSPS) is 10.8. The van der Waals surface area contributed by atoms with Crippen molar-refractivity contribution in [2.75, 3.05) is 34.4 Å². The van der Waals surface area contributed by atoms with Gasteiger partial charge in [0.05, 0.1) is 14.2 Å². The largest absolute Gasteiger partial charge is 0.497 e. The maximum atomic E-state index is 5.58. The maximum Gasteiger partial charge on any atom is 0.123 e. The molecule has 2 rings (SSSR count). The van der Waals surface area contributed by atoms with E-state index in [0.717, 1.165) is 41.3 Å². The first-order valence-electron chi connectivity index (χ1n) is 7.22. The average molecular weight is 301 g/mol. The van der Waals surface area contributed by atoms with Crippen molar-refractivity contribution in [1.82, 2.24) is 9.88 Å². The third kappa shape index (κ3) is 4.19. The van der Waals surface area contributed by atoms with Crippen LogP contribution in [0.2, 0.25) is 0 Å². The molecular formula is C17H23N3O2. The van der Waals surface area contributed by atoms with Crippen LogP contribution in [0.5, 0.6) is 11.5 Å². The van der Waals surface area contributed by atoms with Gasteiger partial charge in [-0.1, -0.05) is 0 Å². The summed E-state index contributed by atoms with van der Waals surface area (Å²) < 4.78 is 10.6. The van der Waals surface area contributed by atoms with E-state index in [9.17, 15) is 0 Å². The number of nitrogens with two attached hydrogens (primary N) is 1. The first kappa shape index (κ1) is 16.3. The molecular weight excluding hydrogens is 278 g/mol. The van der Waals surface area contributed by atoms with E-state index in [4.69, 9.17) is 15.2 Å². The van der Waals surface area contributed by atoms with Crippen LogP contribution in [0.4, 0.5) is 0 Å². The number of nitrogens with zero attached hydrogens (tertiary/aromatic N) is 2. The molecule has 0 bridgehead atoms. The quantitative estimate of drug-likeness (QED) is 0.849. The molecule has 1 aromatic carbocycles. The molecule has 2 aromatic rings. The second kappa shape index (κ2) is 7.77. The number of hydrogen-bond acceptors (Lipinski definition) is 5. The van der Waals surface area contributed by atoms with Crippen molar-refractivity contribution in [1.29, 1.82) is 0 Å². The lowest BCUT2D eigenvalue weighted by atomic mass is 10.0. The van der Waals surface area contributed by atoms with Gasteiger partial charge in [0.25, 0.3) is 0 Å². The molecule has 2 N–H and O–H groups in total. The van der Waals surface area contributed by atoms with Crippen molar-refractivity contribution in [3.8, 4) is 22.6 Å². The smallest absolute Gasteiger partial charge is 0.123 e. The van der Waals surface area contributed by atoms with Crippen LogP contribution in [-0.2, 0) is 6.54 Å². The molecule has 0 spiro atoms. The Morgan fingerprint density at radius 1 is 1.00 bits per heavy atom. The fourth-order valence-electron chi connectivity index (χ4n) is 2.32. The highest BCUT2D eigenvalue weighted by atomic mass is 16.5. The van der Waals surface area contributed by atoms with E-state index >= 15 is 0 Å². The van der Waals surface area contributed by atoms with Gasteiger partial charge in [-0.2, -0.15) is 0 Å². The summed E-state index contributed by atoms with van der Waals surface area (Å²) in [6.45, 7) is 2.33. The zero-order valence-corrected chi connectivity index (χ0v) is 13.4. The minimum Gasteiger partial charge on any atom is -0.497 e. The predicted molar refractivity (Wildman–Crippen MR) is 88.2 cm³/mol. The van der Waals surface area contributed by atoms with Crippen molar-refractivity contribution in [2.24, 2.45) is 5.73 Å².